The van der Waals surface area contributed by atoms with Gasteiger partial charge in [0.15, 0.2) is 0 Å². The molecule has 0 radical (unpaired) electrons. The highest BCUT2D eigenvalue weighted by molar-refractivity contribution is 6.69. The Hall–Kier alpha value is -2.00. The lowest BCUT2D eigenvalue weighted by atomic mass is 9.47. The van der Waals surface area contributed by atoms with Gasteiger partial charge in [-0.1, -0.05) is 94.6 Å². The lowest BCUT2D eigenvalue weighted by Gasteiger charge is -2.37. The fourth-order valence-electron chi connectivity index (χ4n) is 4.71. The van der Waals surface area contributed by atoms with Gasteiger partial charge < -0.3 is 10.0 Å². The van der Waals surface area contributed by atoms with Crippen LogP contribution in [0.1, 0.15) is 64.9 Å². The molecule has 148 valence electrons. The second-order valence-corrected chi connectivity index (χ2v) is 8.04. The molecule has 1 N–H and O–H groups in total. The first-order valence-electron chi connectivity index (χ1n) is 11.1. The molecule has 0 fully saturated rings. The lowest BCUT2D eigenvalue weighted by Crippen LogP contribution is -2.53. The average Bonchev–Trinajstić information content (AvgIpc) is 3.04. The molecule has 0 aromatic heterocycles. The summed E-state index contributed by atoms with van der Waals surface area (Å²) in [6.45, 7) is 8.28. The normalized spacial score (nSPS) is 15.8. The number of hydrogen-bond donors (Lipinski definition) is 1. The quantitative estimate of drug-likeness (QED) is 0.365. The van der Waals surface area contributed by atoms with Crippen molar-refractivity contribution in [3.63, 3.8) is 0 Å². The number of anilines is 1. The van der Waals surface area contributed by atoms with Gasteiger partial charge in [0.2, 0.25) is 0 Å². The Morgan fingerprint density at radius 2 is 1.43 bits per heavy atom. The van der Waals surface area contributed by atoms with Gasteiger partial charge in [-0.05, 0) is 43.5 Å². The van der Waals surface area contributed by atoms with Crippen LogP contribution in [0.4, 0.5) is 5.69 Å². The third kappa shape index (κ3) is 4.36. The predicted molar refractivity (Wildman–Crippen MR) is 125 cm³/mol. The van der Waals surface area contributed by atoms with Crippen molar-refractivity contribution in [1.82, 2.24) is 5.23 Å². The summed E-state index contributed by atoms with van der Waals surface area (Å²) in [5.74, 6) is 0. The molecule has 28 heavy (non-hydrogen) atoms. The first-order valence-corrected chi connectivity index (χ1v) is 11.1. The Morgan fingerprint density at radius 3 is 2.00 bits per heavy atom. The monoisotopic (exact) mass is 374 g/mol. The van der Waals surface area contributed by atoms with Crippen LogP contribution >= 0.6 is 0 Å². The van der Waals surface area contributed by atoms with Crippen LogP contribution in [-0.2, 0) is 0 Å². The van der Waals surface area contributed by atoms with Crippen LogP contribution < -0.4 is 10.0 Å². The molecule has 0 saturated carbocycles. The molecule has 0 saturated heterocycles. The molecule has 0 bridgehead atoms. The fourth-order valence-corrected chi connectivity index (χ4v) is 4.71. The van der Waals surface area contributed by atoms with Gasteiger partial charge in [-0.25, -0.2) is 0 Å². The molecule has 1 aliphatic rings. The third-order valence-electron chi connectivity index (χ3n) is 5.89. The Morgan fingerprint density at radius 1 is 0.821 bits per heavy atom. The van der Waals surface area contributed by atoms with Crippen molar-refractivity contribution in [2.45, 2.75) is 64.6 Å². The smallest absolute Gasteiger partial charge is 0.355 e. The fraction of sp³-hybridized carbons (Fsp3) is 0.440. The van der Waals surface area contributed by atoms with E-state index in [1.807, 2.05) is 0 Å². The van der Waals surface area contributed by atoms with Crippen molar-refractivity contribution in [2.24, 2.45) is 0 Å². The molecule has 2 aromatic carbocycles. The van der Waals surface area contributed by atoms with Crippen LogP contribution in [-0.4, -0.2) is 13.5 Å². The Kier molecular flexibility index (Phi) is 7.39. The molecule has 2 nitrogen and oxygen atoms in total. The van der Waals surface area contributed by atoms with Gasteiger partial charge in [0.1, 0.15) is 0 Å². The maximum Gasteiger partial charge on any atom is 0.355 e. The maximum atomic E-state index is 3.97. The summed E-state index contributed by atoms with van der Waals surface area (Å²) in [4.78, 5) is 2.57. The number of nitrogens with one attached hydrogen (secondary N) is 1. The third-order valence-corrected chi connectivity index (χ3v) is 5.89. The number of allylic oxidation sites excluding steroid dienone is 1. The standard InChI is InChI=1S/C25H35BN2/c1-4-7-20-27-26-25(18-5-2,19-6-3)21-24(22-14-10-8-11-15-22)28(26)23-16-12-9-13-17-23/h8-17,21,27H,4-7,18-20H2,1-3H3. The Balaban J connectivity index is 2.10. The first-order chi connectivity index (χ1) is 13.8. The molecular formula is C25H35BN2. The molecule has 1 heterocycles. The topological polar surface area (TPSA) is 15.3 Å². The highest BCUT2D eigenvalue weighted by Gasteiger charge is 2.50. The van der Waals surface area contributed by atoms with Gasteiger partial charge in [0.05, 0.1) is 0 Å². The number of unbranched alkanes of at least 4 members (excludes halogenated alkanes) is 1. The van der Waals surface area contributed by atoms with Crippen LogP contribution in [0.3, 0.4) is 0 Å². The molecule has 0 spiro atoms. The lowest BCUT2D eigenvalue weighted by molar-refractivity contribution is 0.532. The van der Waals surface area contributed by atoms with Gasteiger partial charge in [0.25, 0.3) is 0 Å². The van der Waals surface area contributed by atoms with Gasteiger partial charge in [-0.3, -0.25) is 0 Å². The molecule has 3 rings (SSSR count). The van der Waals surface area contributed by atoms with Crippen LogP contribution in [0.5, 0.6) is 0 Å². The van der Waals surface area contributed by atoms with Gasteiger partial charge in [0, 0.05) is 16.7 Å². The van der Waals surface area contributed by atoms with Crippen molar-refractivity contribution < 1.29 is 0 Å². The molecule has 0 atom stereocenters. The number of benzene rings is 2. The van der Waals surface area contributed by atoms with Gasteiger partial charge in [-0.2, -0.15) is 0 Å². The molecule has 2 aromatic rings. The van der Waals surface area contributed by atoms with E-state index in [0.717, 1.165) is 6.54 Å². The zero-order valence-electron chi connectivity index (χ0n) is 17.8. The van der Waals surface area contributed by atoms with Gasteiger partial charge in [-0.15, -0.1) is 0 Å². The predicted octanol–water partition coefficient (Wildman–Crippen LogP) is 6.77. The maximum absolute atomic E-state index is 3.97. The molecule has 0 aliphatic carbocycles. The summed E-state index contributed by atoms with van der Waals surface area (Å²) in [5, 5.41) is 4.13. The second kappa shape index (κ2) is 9.98. The summed E-state index contributed by atoms with van der Waals surface area (Å²) in [7, 11) is 0. The van der Waals surface area contributed by atoms with E-state index in [1.54, 1.807) is 0 Å². The zero-order chi connectivity index (χ0) is 19.8. The van der Waals surface area contributed by atoms with Crippen LogP contribution in [0, 0.1) is 0 Å². The SMILES string of the molecule is CCCCNB1N(c2ccccc2)C(c2ccccc2)=CC1(CCC)CCC. The largest absolute Gasteiger partial charge is 0.370 e. The summed E-state index contributed by atoms with van der Waals surface area (Å²) < 4.78 is 0. The molecule has 0 amide bonds. The van der Waals surface area contributed by atoms with Crippen molar-refractivity contribution in [1.29, 1.82) is 0 Å². The number of rotatable bonds is 10. The van der Waals surface area contributed by atoms with E-state index in [2.05, 4.69) is 97.5 Å². The van der Waals surface area contributed by atoms with Crippen molar-refractivity contribution in [3.05, 3.63) is 72.3 Å². The van der Waals surface area contributed by atoms with E-state index in [0.29, 0.717) is 6.98 Å². The van der Waals surface area contributed by atoms with Gasteiger partial charge >= 0.3 is 6.98 Å². The van der Waals surface area contributed by atoms with Crippen molar-refractivity contribution in [2.75, 3.05) is 11.4 Å². The van der Waals surface area contributed by atoms with E-state index in [4.69, 9.17) is 0 Å². The van der Waals surface area contributed by atoms with E-state index in [-0.39, 0.29) is 5.31 Å². The average molecular weight is 374 g/mol. The summed E-state index contributed by atoms with van der Waals surface area (Å²) in [6, 6.07) is 21.8. The Bertz CT molecular complexity index is 736. The first kappa shape index (κ1) is 20.7. The summed E-state index contributed by atoms with van der Waals surface area (Å²) in [6.07, 6.45) is 9.85. The second-order valence-electron chi connectivity index (χ2n) is 8.04. The zero-order valence-corrected chi connectivity index (χ0v) is 17.8. The minimum absolute atomic E-state index is 0.165. The van der Waals surface area contributed by atoms with E-state index >= 15 is 0 Å². The minimum atomic E-state index is 0.165. The van der Waals surface area contributed by atoms with Crippen LogP contribution in [0.2, 0.25) is 5.31 Å². The minimum Gasteiger partial charge on any atom is -0.370 e. The molecule has 1 aliphatic heterocycles. The van der Waals surface area contributed by atoms with Crippen molar-refractivity contribution >= 4 is 18.4 Å². The highest BCUT2D eigenvalue weighted by Crippen LogP contribution is 2.52. The van der Waals surface area contributed by atoms with Crippen LogP contribution in [0.25, 0.3) is 5.70 Å². The molecular weight excluding hydrogens is 339 g/mol. The number of hydrogen-bond acceptors (Lipinski definition) is 2. The molecule has 3 heteroatoms. The number of nitrogens with zero attached hydrogens (tertiary/aromatic N) is 1. The highest BCUT2D eigenvalue weighted by atomic mass is 15.2. The Labute approximate surface area is 172 Å². The van der Waals surface area contributed by atoms with Crippen molar-refractivity contribution in [3.8, 4) is 0 Å². The summed E-state index contributed by atoms with van der Waals surface area (Å²) >= 11 is 0. The van der Waals surface area contributed by atoms with Crippen LogP contribution in [0.15, 0.2) is 66.7 Å². The van der Waals surface area contributed by atoms with E-state index in [1.165, 1.54) is 55.5 Å². The van der Waals surface area contributed by atoms with E-state index in [9.17, 15) is 0 Å². The van der Waals surface area contributed by atoms with E-state index < -0.39 is 0 Å². The summed E-state index contributed by atoms with van der Waals surface area (Å²) in [5.41, 5.74) is 3.94. The number of para-hydroxylation sites is 1. The molecule has 0 unspecified atom stereocenters.